The Labute approximate surface area is 232 Å². The predicted molar refractivity (Wildman–Crippen MR) is 158 cm³/mol. The van der Waals surface area contributed by atoms with E-state index >= 15 is 0 Å². The Morgan fingerprint density at radius 1 is 0.925 bits per heavy atom. The molecule has 3 N–H and O–H groups in total. The number of hydrogen-bond acceptors (Lipinski definition) is 6. The summed E-state index contributed by atoms with van der Waals surface area (Å²) in [4.78, 5) is 44.7. The van der Waals surface area contributed by atoms with Gasteiger partial charge in [0.05, 0.1) is 29.6 Å². The minimum absolute atomic E-state index is 0.0317. The fraction of sp³-hybridized carbons (Fsp3) is 0.194. The van der Waals surface area contributed by atoms with E-state index in [9.17, 15) is 14.4 Å². The van der Waals surface area contributed by atoms with Crippen LogP contribution in [0, 0.1) is 0 Å². The van der Waals surface area contributed by atoms with Crippen LogP contribution in [0.5, 0.6) is 0 Å². The topological polar surface area (TPSA) is 107 Å². The van der Waals surface area contributed by atoms with Gasteiger partial charge in [0.25, 0.3) is 5.91 Å². The van der Waals surface area contributed by atoms with Crippen LogP contribution in [0.3, 0.4) is 0 Å². The molecule has 1 aromatic heterocycles. The van der Waals surface area contributed by atoms with Crippen molar-refractivity contribution in [2.75, 3.05) is 49.8 Å². The Kier molecular flexibility index (Phi) is 7.39. The molecule has 1 aliphatic heterocycles. The lowest BCUT2D eigenvalue weighted by Gasteiger charge is -2.23. The SMILES string of the molecule is COC(=O)c1ccc2c(c1)NC(=O)/C2=C(\Nc1ccc(N(CCN(C)C)C(C)=O)cc1)c1ccc2[nH]ccc2c1. The lowest BCUT2D eigenvalue weighted by Crippen LogP contribution is -2.35. The van der Waals surface area contributed by atoms with Crippen LogP contribution in [0.15, 0.2) is 72.9 Å². The monoisotopic (exact) mass is 537 g/mol. The van der Waals surface area contributed by atoms with E-state index in [1.807, 2.05) is 73.7 Å². The fourth-order valence-electron chi connectivity index (χ4n) is 4.79. The van der Waals surface area contributed by atoms with Crippen LogP contribution in [0.25, 0.3) is 22.2 Å². The third-order valence-corrected chi connectivity index (χ3v) is 6.88. The summed E-state index contributed by atoms with van der Waals surface area (Å²) in [6.45, 7) is 2.87. The summed E-state index contributed by atoms with van der Waals surface area (Å²) in [6.07, 6.45) is 1.87. The average Bonchev–Trinajstić information content (AvgIpc) is 3.54. The van der Waals surface area contributed by atoms with Crippen molar-refractivity contribution in [3.63, 3.8) is 0 Å². The molecule has 9 nitrogen and oxygen atoms in total. The van der Waals surface area contributed by atoms with Gasteiger partial charge in [-0.15, -0.1) is 0 Å². The van der Waals surface area contributed by atoms with Crippen LogP contribution >= 0.6 is 0 Å². The first kappa shape index (κ1) is 26.7. The number of esters is 1. The number of aromatic nitrogens is 1. The van der Waals surface area contributed by atoms with E-state index in [0.29, 0.717) is 34.6 Å². The molecular weight excluding hydrogens is 506 g/mol. The Morgan fingerprint density at radius 3 is 2.38 bits per heavy atom. The van der Waals surface area contributed by atoms with Crippen molar-refractivity contribution in [1.82, 2.24) is 9.88 Å². The van der Waals surface area contributed by atoms with E-state index in [0.717, 1.165) is 34.4 Å². The number of nitrogens with one attached hydrogen (secondary N) is 3. The zero-order chi connectivity index (χ0) is 28.4. The lowest BCUT2D eigenvalue weighted by atomic mass is 9.98. The molecule has 0 saturated carbocycles. The normalized spacial score (nSPS) is 13.7. The largest absolute Gasteiger partial charge is 0.465 e. The number of benzene rings is 3. The average molecular weight is 538 g/mol. The van der Waals surface area contributed by atoms with Crippen molar-refractivity contribution in [2.24, 2.45) is 0 Å². The molecule has 0 fully saturated rings. The Hall–Kier alpha value is -4.89. The second-order valence-electron chi connectivity index (χ2n) is 9.88. The molecule has 40 heavy (non-hydrogen) atoms. The van der Waals surface area contributed by atoms with Gasteiger partial charge in [0.2, 0.25) is 5.91 Å². The molecule has 204 valence electrons. The first-order valence-electron chi connectivity index (χ1n) is 12.9. The number of carbonyl (C=O) groups excluding carboxylic acids is 3. The van der Waals surface area contributed by atoms with Crippen molar-refractivity contribution < 1.29 is 19.1 Å². The summed E-state index contributed by atoms with van der Waals surface area (Å²) < 4.78 is 4.84. The number of carbonyl (C=O) groups is 3. The summed E-state index contributed by atoms with van der Waals surface area (Å²) in [5, 5.41) is 7.37. The fourth-order valence-corrected chi connectivity index (χ4v) is 4.79. The van der Waals surface area contributed by atoms with E-state index in [1.54, 1.807) is 30.0 Å². The highest BCUT2D eigenvalue weighted by Crippen LogP contribution is 2.39. The zero-order valence-electron chi connectivity index (χ0n) is 22.9. The molecule has 0 atom stereocenters. The van der Waals surface area contributed by atoms with Crippen molar-refractivity contribution in [2.45, 2.75) is 6.92 Å². The van der Waals surface area contributed by atoms with Gasteiger partial charge in [-0.05, 0) is 74.3 Å². The van der Waals surface area contributed by atoms with E-state index in [4.69, 9.17) is 4.74 Å². The van der Waals surface area contributed by atoms with E-state index in [1.165, 1.54) is 7.11 Å². The van der Waals surface area contributed by atoms with Crippen LogP contribution in [-0.4, -0.2) is 62.0 Å². The minimum atomic E-state index is -0.476. The standard InChI is InChI=1S/C31H31N5O4/c1-19(37)36(16-15-35(2)3)24-9-7-23(8-10-24)33-29(21-6-12-26-20(17-21)13-14-32-26)28-25-11-5-22(31(39)40-4)18-27(25)34-30(28)38/h5-14,17-18,32-33H,15-16H2,1-4H3,(H,34,38)/b29-28-. The predicted octanol–water partition coefficient (Wildman–Crippen LogP) is 4.80. The van der Waals surface area contributed by atoms with Gasteiger partial charge in [0.1, 0.15) is 0 Å². The summed E-state index contributed by atoms with van der Waals surface area (Å²) in [5.74, 6) is -0.788. The summed E-state index contributed by atoms with van der Waals surface area (Å²) in [7, 11) is 5.26. The highest BCUT2D eigenvalue weighted by Gasteiger charge is 2.29. The maximum absolute atomic E-state index is 13.4. The quantitative estimate of drug-likeness (QED) is 0.220. The number of ether oxygens (including phenoxy) is 1. The number of anilines is 3. The number of nitrogens with zero attached hydrogens (tertiary/aromatic N) is 2. The van der Waals surface area contributed by atoms with Crippen molar-refractivity contribution in [1.29, 1.82) is 0 Å². The highest BCUT2D eigenvalue weighted by atomic mass is 16.5. The molecule has 0 spiro atoms. The lowest BCUT2D eigenvalue weighted by molar-refractivity contribution is -0.116. The maximum Gasteiger partial charge on any atom is 0.337 e. The molecule has 4 aromatic rings. The second-order valence-corrected chi connectivity index (χ2v) is 9.88. The first-order valence-corrected chi connectivity index (χ1v) is 12.9. The van der Waals surface area contributed by atoms with Gasteiger partial charge in [-0.25, -0.2) is 4.79 Å². The summed E-state index contributed by atoms with van der Waals surface area (Å²) in [5.41, 5.74) is 6.00. The zero-order valence-corrected chi connectivity index (χ0v) is 22.9. The van der Waals surface area contributed by atoms with E-state index in [2.05, 4.69) is 15.6 Å². The molecule has 0 aliphatic carbocycles. The van der Waals surface area contributed by atoms with Gasteiger partial charge in [0.15, 0.2) is 0 Å². The number of H-pyrrole nitrogens is 1. The number of aromatic amines is 1. The molecule has 5 rings (SSSR count). The molecule has 0 radical (unpaired) electrons. The Balaban J connectivity index is 1.56. The van der Waals surface area contributed by atoms with Crippen LogP contribution < -0.4 is 15.5 Å². The van der Waals surface area contributed by atoms with Crippen LogP contribution in [-0.2, 0) is 14.3 Å². The number of likely N-dealkylation sites (N-methyl/N-ethyl adjacent to an activating group) is 1. The smallest absolute Gasteiger partial charge is 0.337 e. The van der Waals surface area contributed by atoms with E-state index < -0.39 is 5.97 Å². The molecule has 0 unspecified atom stereocenters. The first-order chi connectivity index (χ1) is 19.2. The van der Waals surface area contributed by atoms with Crippen LogP contribution in [0.1, 0.15) is 28.4 Å². The van der Waals surface area contributed by atoms with Crippen LogP contribution in [0.4, 0.5) is 17.1 Å². The van der Waals surface area contributed by atoms with Gasteiger partial charge in [-0.2, -0.15) is 0 Å². The van der Waals surface area contributed by atoms with Gasteiger partial charge in [0, 0.05) is 54.1 Å². The van der Waals surface area contributed by atoms with Gasteiger partial charge in [-0.1, -0.05) is 12.1 Å². The Morgan fingerprint density at radius 2 is 1.68 bits per heavy atom. The third kappa shape index (κ3) is 5.32. The van der Waals surface area contributed by atoms with Gasteiger partial charge in [-0.3, -0.25) is 9.59 Å². The Bertz CT molecular complexity index is 1640. The maximum atomic E-state index is 13.4. The molecular formula is C31H31N5O4. The van der Waals surface area contributed by atoms with Gasteiger partial charge < -0.3 is 30.2 Å². The molecule has 0 bridgehead atoms. The number of fused-ring (bicyclic) bond motifs is 2. The molecule has 2 amide bonds. The highest BCUT2D eigenvalue weighted by molar-refractivity contribution is 6.37. The van der Waals surface area contributed by atoms with E-state index in [-0.39, 0.29) is 11.8 Å². The van der Waals surface area contributed by atoms with Gasteiger partial charge >= 0.3 is 5.97 Å². The number of methoxy groups -OCH3 is 1. The molecule has 1 aliphatic rings. The number of rotatable bonds is 8. The third-order valence-electron chi connectivity index (χ3n) is 6.88. The second kappa shape index (κ2) is 11.1. The van der Waals surface area contributed by atoms with Crippen molar-refractivity contribution in [3.8, 4) is 0 Å². The number of amides is 2. The summed E-state index contributed by atoms with van der Waals surface area (Å²) >= 11 is 0. The molecule has 9 heteroatoms. The molecule has 2 heterocycles. The summed E-state index contributed by atoms with van der Waals surface area (Å²) in [6, 6.07) is 20.5. The molecule has 0 saturated heterocycles. The minimum Gasteiger partial charge on any atom is -0.465 e. The van der Waals surface area contributed by atoms with Crippen molar-refractivity contribution in [3.05, 3.63) is 89.6 Å². The molecule has 3 aromatic carbocycles. The van der Waals surface area contributed by atoms with Crippen molar-refractivity contribution >= 4 is 57.0 Å². The number of hydrogen-bond donors (Lipinski definition) is 3. The van der Waals surface area contributed by atoms with Crippen LogP contribution in [0.2, 0.25) is 0 Å².